The summed E-state index contributed by atoms with van der Waals surface area (Å²) in [6, 6.07) is 7.71. The molecule has 120 valence electrons. The zero-order valence-electron chi connectivity index (χ0n) is 13.4. The van der Waals surface area contributed by atoms with Crippen LogP contribution >= 0.6 is 0 Å². The SMILES string of the molecule is C=C(C)C(=O)OCCOc1ccc(-c2ccc(CC)cn2)cn1. The van der Waals surface area contributed by atoms with E-state index < -0.39 is 5.97 Å². The maximum absolute atomic E-state index is 11.2. The van der Waals surface area contributed by atoms with E-state index >= 15 is 0 Å². The van der Waals surface area contributed by atoms with Gasteiger partial charge in [-0.15, -0.1) is 0 Å². The van der Waals surface area contributed by atoms with Gasteiger partial charge in [0, 0.05) is 29.6 Å². The van der Waals surface area contributed by atoms with Crippen LogP contribution in [-0.4, -0.2) is 29.2 Å². The van der Waals surface area contributed by atoms with Gasteiger partial charge in [0.2, 0.25) is 5.88 Å². The van der Waals surface area contributed by atoms with Crippen LogP contribution in [0, 0.1) is 0 Å². The average Bonchev–Trinajstić information content (AvgIpc) is 2.59. The molecule has 2 aromatic heterocycles. The lowest BCUT2D eigenvalue weighted by Gasteiger charge is -2.07. The number of ether oxygens (including phenoxy) is 2. The molecule has 0 saturated heterocycles. The molecule has 0 radical (unpaired) electrons. The first-order valence-electron chi connectivity index (χ1n) is 7.47. The fourth-order valence-electron chi connectivity index (χ4n) is 1.83. The molecule has 0 unspecified atom stereocenters. The quantitative estimate of drug-likeness (QED) is 0.446. The molecule has 0 aliphatic heterocycles. The number of aryl methyl sites for hydroxylation is 1. The van der Waals surface area contributed by atoms with Crippen LogP contribution in [0.25, 0.3) is 11.3 Å². The summed E-state index contributed by atoms with van der Waals surface area (Å²) in [6.45, 7) is 7.61. The molecule has 0 aliphatic rings. The van der Waals surface area contributed by atoms with Crippen LogP contribution in [0.5, 0.6) is 5.88 Å². The second-order valence-electron chi connectivity index (χ2n) is 5.06. The van der Waals surface area contributed by atoms with Gasteiger partial charge in [-0.2, -0.15) is 0 Å². The Balaban J connectivity index is 1.86. The number of pyridine rings is 2. The van der Waals surface area contributed by atoms with E-state index in [0.717, 1.165) is 17.7 Å². The van der Waals surface area contributed by atoms with Crippen molar-refractivity contribution >= 4 is 5.97 Å². The first-order chi connectivity index (χ1) is 11.1. The van der Waals surface area contributed by atoms with E-state index in [9.17, 15) is 4.79 Å². The van der Waals surface area contributed by atoms with Crippen LogP contribution in [0.2, 0.25) is 0 Å². The zero-order valence-corrected chi connectivity index (χ0v) is 13.4. The van der Waals surface area contributed by atoms with Crippen LogP contribution in [0.15, 0.2) is 48.8 Å². The normalized spacial score (nSPS) is 10.2. The molecular formula is C18H20N2O3. The summed E-state index contributed by atoms with van der Waals surface area (Å²) in [5.41, 5.74) is 3.37. The van der Waals surface area contributed by atoms with Gasteiger partial charge in [0.25, 0.3) is 0 Å². The van der Waals surface area contributed by atoms with Crippen molar-refractivity contribution in [2.75, 3.05) is 13.2 Å². The third-order valence-electron chi connectivity index (χ3n) is 3.18. The second-order valence-corrected chi connectivity index (χ2v) is 5.06. The molecule has 0 bridgehead atoms. The molecule has 0 spiro atoms. The van der Waals surface area contributed by atoms with E-state index in [1.54, 1.807) is 19.2 Å². The third kappa shape index (κ3) is 4.92. The Bertz CT molecular complexity index is 664. The van der Waals surface area contributed by atoms with Gasteiger partial charge >= 0.3 is 5.97 Å². The second kappa shape index (κ2) is 8.08. The Morgan fingerprint density at radius 3 is 2.52 bits per heavy atom. The van der Waals surface area contributed by atoms with Crippen LogP contribution < -0.4 is 4.74 Å². The van der Waals surface area contributed by atoms with Crippen molar-refractivity contribution < 1.29 is 14.3 Å². The molecule has 5 nitrogen and oxygen atoms in total. The lowest BCUT2D eigenvalue weighted by Crippen LogP contribution is -2.12. The Labute approximate surface area is 136 Å². The van der Waals surface area contributed by atoms with Gasteiger partial charge in [-0.05, 0) is 31.0 Å². The number of carbonyl (C=O) groups is 1. The topological polar surface area (TPSA) is 61.3 Å². The minimum Gasteiger partial charge on any atom is -0.474 e. The lowest BCUT2D eigenvalue weighted by atomic mass is 10.1. The van der Waals surface area contributed by atoms with Gasteiger partial charge in [-0.3, -0.25) is 4.98 Å². The lowest BCUT2D eigenvalue weighted by molar-refractivity contribution is -0.139. The van der Waals surface area contributed by atoms with E-state index in [1.165, 1.54) is 5.56 Å². The van der Waals surface area contributed by atoms with Crippen molar-refractivity contribution in [3.63, 3.8) is 0 Å². The van der Waals surface area contributed by atoms with E-state index in [2.05, 4.69) is 29.5 Å². The number of hydrogen-bond donors (Lipinski definition) is 0. The van der Waals surface area contributed by atoms with E-state index in [1.807, 2.05) is 18.3 Å². The summed E-state index contributed by atoms with van der Waals surface area (Å²) in [6.07, 6.45) is 4.55. The third-order valence-corrected chi connectivity index (χ3v) is 3.18. The Hall–Kier alpha value is -2.69. The van der Waals surface area contributed by atoms with E-state index in [4.69, 9.17) is 9.47 Å². The summed E-state index contributed by atoms with van der Waals surface area (Å²) < 4.78 is 10.4. The van der Waals surface area contributed by atoms with Gasteiger partial charge < -0.3 is 9.47 Å². The fraction of sp³-hybridized carbons (Fsp3) is 0.278. The number of esters is 1. The predicted molar refractivity (Wildman–Crippen MR) is 88.1 cm³/mol. The van der Waals surface area contributed by atoms with Gasteiger partial charge in [-0.25, -0.2) is 9.78 Å². The number of aromatic nitrogens is 2. The van der Waals surface area contributed by atoms with Crippen molar-refractivity contribution in [3.05, 3.63) is 54.4 Å². The maximum Gasteiger partial charge on any atom is 0.333 e. The highest BCUT2D eigenvalue weighted by atomic mass is 16.6. The first-order valence-corrected chi connectivity index (χ1v) is 7.47. The van der Waals surface area contributed by atoms with Crippen LogP contribution in [0.4, 0.5) is 0 Å². The molecule has 0 amide bonds. The molecule has 5 heteroatoms. The largest absolute Gasteiger partial charge is 0.474 e. The van der Waals surface area contributed by atoms with Crippen molar-refractivity contribution in [1.82, 2.24) is 9.97 Å². The molecular weight excluding hydrogens is 292 g/mol. The summed E-state index contributed by atoms with van der Waals surface area (Å²) in [5, 5.41) is 0. The Morgan fingerprint density at radius 2 is 1.96 bits per heavy atom. The van der Waals surface area contributed by atoms with Gasteiger partial charge in [0.05, 0.1) is 5.69 Å². The highest BCUT2D eigenvalue weighted by Crippen LogP contribution is 2.18. The number of hydrogen-bond acceptors (Lipinski definition) is 5. The monoisotopic (exact) mass is 312 g/mol. The van der Waals surface area contributed by atoms with Crippen LogP contribution in [-0.2, 0) is 16.0 Å². The Kier molecular flexibility index (Phi) is 5.86. The van der Waals surface area contributed by atoms with Crippen LogP contribution in [0.3, 0.4) is 0 Å². The number of carbonyl (C=O) groups excluding carboxylic acids is 1. The molecule has 0 saturated carbocycles. The molecule has 2 aromatic rings. The van der Waals surface area contributed by atoms with Gasteiger partial charge in [0.15, 0.2) is 0 Å². The average molecular weight is 312 g/mol. The standard InChI is InChI=1S/C18H20N2O3/c1-4-14-5-7-16(19-11-14)15-6-8-17(20-12-15)22-9-10-23-18(21)13(2)3/h5-8,11-12H,2,4,9-10H2,1,3H3. The first kappa shape index (κ1) is 16.7. The van der Waals surface area contributed by atoms with Gasteiger partial charge in [0.1, 0.15) is 13.2 Å². The minimum atomic E-state index is -0.418. The number of rotatable bonds is 7. The molecule has 0 N–H and O–H groups in total. The van der Waals surface area contributed by atoms with Crippen molar-refractivity contribution in [1.29, 1.82) is 0 Å². The fourth-order valence-corrected chi connectivity index (χ4v) is 1.83. The highest BCUT2D eigenvalue weighted by Gasteiger charge is 2.04. The smallest absolute Gasteiger partial charge is 0.333 e. The Morgan fingerprint density at radius 1 is 1.13 bits per heavy atom. The zero-order chi connectivity index (χ0) is 16.7. The molecule has 0 aromatic carbocycles. The molecule has 23 heavy (non-hydrogen) atoms. The number of nitrogens with zero attached hydrogens (tertiary/aromatic N) is 2. The van der Waals surface area contributed by atoms with Crippen molar-refractivity contribution in [3.8, 4) is 17.1 Å². The highest BCUT2D eigenvalue weighted by molar-refractivity contribution is 5.86. The van der Waals surface area contributed by atoms with Gasteiger partial charge in [-0.1, -0.05) is 19.6 Å². The van der Waals surface area contributed by atoms with E-state index in [-0.39, 0.29) is 13.2 Å². The molecule has 0 atom stereocenters. The van der Waals surface area contributed by atoms with Crippen LogP contribution in [0.1, 0.15) is 19.4 Å². The van der Waals surface area contributed by atoms with Crippen molar-refractivity contribution in [2.24, 2.45) is 0 Å². The molecule has 2 heterocycles. The maximum atomic E-state index is 11.2. The summed E-state index contributed by atoms with van der Waals surface area (Å²) in [7, 11) is 0. The predicted octanol–water partition coefficient (Wildman–Crippen LogP) is 3.20. The summed E-state index contributed by atoms with van der Waals surface area (Å²) in [4.78, 5) is 19.8. The van der Waals surface area contributed by atoms with Crippen molar-refractivity contribution in [2.45, 2.75) is 20.3 Å². The molecule has 2 rings (SSSR count). The van der Waals surface area contributed by atoms with E-state index in [0.29, 0.717) is 11.5 Å². The molecule has 0 aliphatic carbocycles. The molecule has 0 fully saturated rings. The summed E-state index contributed by atoms with van der Waals surface area (Å²) >= 11 is 0. The summed E-state index contributed by atoms with van der Waals surface area (Å²) in [5.74, 6) is 0.0591. The minimum absolute atomic E-state index is 0.162.